The Morgan fingerprint density at radius 3 is 2.57 bits per heavy atom. The smallest absolute Gasteiger partial charge is 0.433 e. The van der Waals surface area contributed by atoms with Crippen molar-refractivity contribution in [3.8, 4) is 0 Å². The molecular weight excluding hydrogens is 571 g/mol. The lowest BCUT2D eigenvalue weighted by Gasteiger charge is -2.31. The normalized spacial score (nSPS) is 21.4. The second-order valence-electron chi connectivity index (χ2n) is 12.1. The summed E-state index contributed by atoms with van der Waals surface area (Å²) in [5.41, 5.74) is -0.487. The van der Waals surface area contributed by atoms with E-state index in [9.17, 15) is 22.8 Å². The largest absolute Gasteiger partial charge is 0.444 e. The average molecular weight is 606 g/mol. The van der Waals surface area contributed by atoms with Crippen LogP contribution in [0.4, 0.5) is 23.7 Å². The van der Waals surface area contributed by atoms with Gasteiger partial charge >= 0.3 is 12.3 Å². The second-order valence-corrected chi connectivity index (χ2v) is 12.5. The lowest BCUT2D eigenvalue weighted by Crippen LogP contribution is -2.41. The van der Waals surface area contributed by atoms with Crippen molar-refractivity contribution in [2.45, 2.75) is 82.8 Å². The van der Waals surface area contributed by atoms with Crippen LogP contribution in [0.3, 0.4) is 0 Å². The Bertz CT molecular complexity index is 1470. The molecule has 1 aliphatic heterocycles. The number of nitrogens with one attached hydrogen (secondary N) is 2. The molecule has 5 rings (SSSR count). The molecule has 0 spiro atoms. The summed E-state index contributed by atoms with van der Waals surface area (Å²) in [6, 6.07) is 7.16. The Labute approximate surface area is 247 Å². The summed E-state index contributed by atoms with van der Waals surface area (Å²) in [5, 5.41) is 7.30. The van der Waals surface area contributed by atoms with Crippen LogP contribution in [0.1, 0.15) is 75.0 Å². The van der Waals surface area contributed by atoms with Gasteiger partial charge in [0.1, 0.15) is 11.3 Å². The van der Waals surface area contributed by atoms with Gasteiger partial charge in [-0.25, -0.2) is 9.78 Å². The maximum atomic E-state index is 13.5. The number of ether oxygens (including phenoxy) is 1. The minimum atomic E-state index is -4.59. The van der Waals surface area contributed by atoms with Gasteiger partial charge in [-0.3, -0.25) is 4.79 Å². The quantitative estimate of drug-likeness (QED) is 0.326. The number of likely N-dealkylation sites (tertiary alicyclic amines) is 1. The molecule has 3 heterocycles. The highest BCUT2D eigenvalue weighted by molar-refractivity contribution is 6.31. The molecule has 2 aliphatic rings. The number of rotatable bonds is 5. The Kier molecular flexibility index (Phi) is 8.33. The van der Waals surface area contributed by atoms with Gasteiger partial charge in [0.05, 0.1) is 17.1 Å². The molecule has 1 saturated carbocycles. The number of benzene rings is 1. The number of carbonyl (C=O) groups is 2. The van der Waals surface area contributed by atoms with Crippen molar-refractivity contribution in [1.29, 1.82) is 0 Å². The fourth-order valence-electron chi connectivity index (χ4n) is 5.66. The molecule has 3 atom stereocenters. The van der Waals surface area contributed by atoms with Crippen molar-refractivity contribution in [2.24, 2.45) is 0 Å². The third-order valence-electron chi connectivity index (χ3n) is 7.64. The van der Waals surface area contributed by atoms with Crippen LogP contribution < -0.4 is 10.6 Å². The van der Waals surface area contributed by atoms with Crippen molar-refractivity contribution in [3.63, 3.8) is 0 Å². The summed E-state index contributed by atoms with van der Waals surface area (Å²) in [7, 11) is 0. The van der Waals surface area contributed by atoms with Crippen LogP contribution in [0.25, 0.3) is 10.9 Å². The van der Waals surface area contributed by atoms with Gasteiger partial charge in [0.2, 0.25) is 0 Å². The minimum Gasteiger partial charge on any atom is -0.444 e. The number of carbonyl (C=O) groups excluding carboxylic acids is 2. The van der Waals surface area contributed by atoms with E-state index in [-0.39, 0.29) is 35.6 Å². The van der Waals surface area contributed by atoms with Crippen LogP contribution in [0.15, 0.2) is 42.7 Å². The lowest BCUT2D eigenvalue weighted by atomic mass is 9.90. The molecule has 0 bridgehead atoms. The summed E-state index contributed by atoms with van der Waals surface area (Å²) in [5.74, 6) is -0.207. The summed E-state index contributed by atoms with van der Waals surface area (Å²) in [4.78, 5) is 31.0. The molecule has 1 aromatic carbocycles. The number of fused-ring (bicyclic) bond motifs is 1. The Balaban J connectivity index is 1.21. The van der Waals surface area contributed by atoms with E-state index in [4.69, 9.17) is 16.3 Å². The van der Waals surface area contributed by atoms with E-state index in [1.54, 1.807) is 23.2 Å². The minimum absolute atomic E-state index is 0.0487. The standard InChI is InChI=1S/C30H35ClF3N5O3/c1-29(2,3)42-28(41)39-12-10-22(17-39)38-11-9-18(16-38)27(40)36-21-6-4-5-20(14-21)35-25-15-26(30(32,33)34)37-24-8-7-19(31)13-23(24)25/h7-9,11,13,15-16,20-22H,4-6,10,12,14,17H2,1-3H3,(H,35,37)(H,36,40)/t20-,21+,22-/m0/s1. The summed E-state index contributed by atoms with van der Waals surface area (Å²) in [6.07, 6.45) is 2.37. The van der Waals surface area contributed by atoms with Crippen molar-refractivity contribution in [1.82, 2.24) is 19.8 Å². The van der Waals surface area contributed by atoms with E-state index in [1.165, 1.54) is 12.1 Å². The van der Waals surface area contributed by atoms with E-state index < -0.39 is 17.5 Å². The number of hydrogen-bond acceptors (Lipinski definition) is 5. The number of nitrogens with zero attached hydrogens (tertiary/aromatic N) is 3. The van der Waals surface area contributed by atoms with Gasteiger partial charge in [0.15, 0.2) is 0 Å². The Morgan fingerprint density at radius 2 is 1.83 bits per heavy atom. The highest BCUT2D eigenvalue weighted by Gasteiger charge is 2.34. The van der Waals surface area contributed by atoms with Crippen LogP contribution in [-0.4, -0.2) is 57.2 Å². The third-order valence-corrected chi connectivity index (χ3v) is 7.88. The average Bonchev–Trinajstić information content (AvgIpc) is 3.58. The number of amides is 2. The monoisotopic (exact) mass is 605 g/mol. The topological polar surface area (TPSA) is 88.5 Å². The van der Waals surface area contributed by atoms with Crippen molar-refractivity contribution in [3.05, 3.63) is 59.0 Å². The van der Waals surface area contributed by atoms with E-state index in [1.807, 2.05) is 31.5 Å². The van der Waals surface area contributed by atoms with Gasteiger partial charge in [-0.05, 0) is 83.2 Å². The number of alkyl halides is 3. The predicted molar refractivity (Wildman–Crippen MR) is 155 cm³/mol. The van der Waals surface area contributed by atoms with Crippen LogP contribution in [-0.2, 0) is 10.9 Å². The molecule has 8 nitrogen and oxygen atoms in total. The van der Waals surface area contributed by atoms with Crippen molar-refractivity contribution >= 4 is 40.2 Å². The maximum absolute atomic E-state index is 13.5. The fraction of sp³-hybridized carbons (Fsp3) is 0.500. The molecule has 1 aliphatic carbocycles. The first-order valence-corrected chi connectivity index (χ1v) is 14.5. The van der Waals surface area contributed by atoms with Crippen LogP contribution in [0, 0.1) is 0 Å². The van der Waals surface area contributed by atoms with Crippen LogP contribution in [0.5, 0.6) is 0 Å². The van der Waals surface area contributed by atoms with Gasteiger partial charge in [-0.15, -0.1) is 0 Å². The molecular formula is C30H35ClF3N5O3. The molecule has 2 N–H and O–H groups in total. The first-order valence-electron chi connectivity index (χ1n) is 14.2. The molecule has 42 heavy (non-hydrogen) atoms. The zero-order valence-electron chi connectivity index (χ0n) is 23.8. The fourth-order valence-corrected chi connectivity index (χ4v) is 5.83. The molecule has 2 amide bonds. The molecule has 1 saturated heterocycles. The van der Waals surface area contributed by atoms with Gasteiger partial charge in [0.25, 0.3) is 5.91 Å². The van der Waals surface area contributed by atoms with E-state index in [2.05, 4.69) is 15.6 Å². The SMILES string of the molecule is CC(C)(C)OC(=O)N1CC[C@H](n2ccc(C(=O)N[C@@H]3CCC[C@H](Nc4cc(C(F)(F)F)nc5ccc(Cl)cc45)C3)c2)C1. The van der Waals surface area contributed by atoms with Crippen molar-refractivity contribution < 1.29 is 27.5 Å². The Morgan fingerprint density at radius 1 is 1.07 bits per heavy atom. The van der Waals surface area contributed by atoms with Crippen molar-refractivity contribution in [2.75, 3.05) is 18.4 Å². The third kappa shape index (κ3) is 7.11. The first-order chi connectivity index (χ1) is 19.7. The number of hydrogen-bond donors (Lipinski definition) is 2. The van der Waals surface area contributed by atoms with Gasteiger partial charge in [-0.1, -0.05) is 11.6 Å². The van der Waals surface area contributed by atoms with Gasteiger partial charge in [0, 0.05) is 53.7 Å². The molecule has 12 heteroatoms. The molecule has 0 radical (unpaired) electrons. The molecule has 0 unspecified atom stereocenters. The van der Waals surface area contributed by atoms with E-state index in [0.717, 1.165) is 31.7 Å². The molecule has 2 aromatic heterocycles. The zero-order chi connectivity index (χ0) is 30.2. The molecule has 2 fully saturated rings. The highest BCUT2D eigenvalue weighted by atomic mass is 35.5. The summed E-state index contributed by atoms with van der Waals surface area (Å²) < 4.78 is 48.1. The maximum Gasteiger partial charge on any atom is 0.433 e. The summed E-state index contributed by atoms with van der Waals surface area (Å²) >= 11 is 6.14. The first kappa shape index (κ1) is 30.0. The van der Waals surface area contributed by atoms with Gasteiger partial charge < -0.3 is 24.8 Å². The zero-order valence-corrected chi connectivity index (χ0v) is 24.6. The second kappa shape index (κ2) is 11.7. The number of aromatic nitrogens is 2. The van der Waals surface area contributed by atoms with E-state index >= 15 is 0 Å². The molecule has 3 aromatic rings. The Hall–Kier alpha value is -3.47. The molecule has 226 valence electrons. The number of pyridine rings is 1. The lowest BCUT2D eigenvalue weighted by molar-refractivity contribution is -0.140. The van der Waals surface area contributed by atoms with Gasteiger partial charge in [-0.2, -0.15) is 13.2 Å². The summed E-state index contributed by atoms with van der Waals surface area (Å²) in [6.45, 7) is 6.59. The highest BCUT2D eigenvalue weighted by Crippen LogP contribution is 2.35. The van der Waals surface area contributed by atoms with E-state index in [0.29, 0.717) is 41.2 Å². The predicted octanol–water partition coefficient (Wildman–Crippen LogP) is 7.04. The number of halogens is 4. The van der Waals surface area contributed by atoms with Crippen LogP contribution in [0.2, 0.25) is 5.02 Å². The van der Waals surface area contributed by atoms with Crippen LogP contribution >= 0.6 is 11.6 Å². The number of anilines is 1.